The quantitative estimate of drug-likeness (QED) is 0.679. The number of allylic oxidation sites excluding steroid dienone is 1. The van der Waals surface area contributed by atoms with Gasteiger partial charge >= 0.3 is 0 Å². The van der Waals surface area contributed by atoms with Gasteiger partial charge in [-0.25, -0.2) is 0 Å². The first-order chi connectivity index (χ1) is 3.31. The molecule has 0 aliphatic carbocycles. The van der Waals surface area contributed by atoms with Crippen LogP contribution in [0.2, 0.25) is 0 Å². The largest absolute Gasteiger partial charge is 0.0650 e. The predicted octanol–water partition coefficient (Wildman–Crippen LogP) is 3.42. The Bertz CT molecular complexity index is 66.5. The van der Waals surface area contributed by atoms with Gasteiger partial charge in [0.05, 0.1) is 0 Å². The van der Waals surface area contributed by atoms with E-state index in [0.29, 0.717) is 0 Å². The zero-order valence-corrected chi connectivity index (χ0v) is 7.42. The summed E-state index contributed by atoms with van der Waals surface area (Å²) >= 11 is 6.56. The normalized spacial score (nSPS) is 12.1. The third kappa shape index (κ3) is 4.56. The Morgan fingerprint density at radius 2 is 2.29 bits per heavy atom. The summed E-state index contributed by atoms with van der Waals surface area (Å²) in [6.07, 6.45) is 2.33. The van der Waals surface area contributed by atoms with Crippen molar-refractivity contribution in [2.45, 2.75) is 19.8 Å². The van der Waals surface area contributed by atoms with Crippen molar-refractivity contribution in [2.24, 2.45) is 0 Å². The summed E-state index contributed by atoms with van der Waals surface area (Å²) in [6, 6.07) is 0. The van der Waals surface area contributed by atoms with E-state index in [1.807, 2.05) is 4.99 Å². The molecule has 0 fully saturated rings. The molecule has 0 heterocycles. The Kier molecular flexibility index (Phi) is 5.33. The second-order valence-corrected chi connectivity index (χ2v) is 2.78. The molecule has 0 aliphatic heterocycles. The lowest BCUT2D eigenvalue weighted by Crippen LogP contribution is -1.64. The van der Waals surface area contributed by atoms with Crippen LogP contribution in [0.4, 0.5) is 0 Å². The summed E-state index contributed by atoms with van der Waals surface area (Å²) in [7, 11) is 0. The van der Waals surface area contributed by atoms with Crippen LogP contribution >= 0.6 is 31.9 Å². The second kappa shape index (κ2) is 4.85. The van der Waals surface area contributed by atoms with Crippen LogP contribution < -0.4 is 0 Å². The molecule has 2 heteroatoms. The van der Waals surface area contributed by atoms with Gasteiger partial charge in [0.1, 0.15) is 0 Å². The van der Waals surface area contributed by atoms with Gasteiger partial charge in [-0.15, -0.1) is 0 Å². The summed E-state index contributed by atoms with van der Waals surface area (Å²) in [5, 5.41) is 0. The van der Waals surface area contributed by atoms with Gasteiger partial charge in [-0.05, 0) is 11.4 Å². The fourth-order valence-electron chi connectivity index (χ4n) is 0.293. The zero-order valence-electron chi connectivity index (χ0n) is 4.25. The highest BCUT2D eigenvalue weighted by Gasteiger charge is 1.83. The Morgan fingerprint density at radius 3 is 2.43 bits per heavy atom. The molecule has 0 unspecified atom stereocenters. The molecule has 0 aliphatic rings. The Hall–Kier alpha value is 0.700. The average molecular weight is 228 g/mol. The molecule has 0 N–H and O–H groups in total. The molecule has 0 atom stereocenters. The molecule has 42 valence electrons. The third-order valence-electron chi connectivity index (χ3n) is 0.607. The van der Waals surface area contributed by atoms with E-state index < -0.39 is 0 Å². The maximum absolute atomic E-state index is 3.35. The molecular weight excluding hydrogens is 220 g/mol. The lowest BCUT2D eigenvalue weighted by molar-refractivity contribution is 0.952. The molecule has 0 amide bonds. The van der Waals surface area contributed by atoms with Crippen molar-refractivity contribution in [2.75, 3.05) is 0 Å². The van der Waals surface area contributed by atoms with E-state index in [4.69, 9.17) is 0 Å². The van der Waals surface area contributed by atoms with Crippen LogP contribution in [0.3, 0.4) is 0 Å². The van der Waals surface area contributed by atoms with Crippen molar-refractivity contribution in [3.05, 3.63) is 9.47 Å². The predicted molar refractivity (Wildman–Crippen MR) is 40.8 cm³/mol. The van der Waals surface area contributed by atoms with Crippen molar-refractivity contribution in [3.63, 3.8) is 0 Å². The van der Waals surface area contributed by atoms with Gasteiger partial charge in [-0.2, -0.15) is 0 Å². The molecule has 0 bridgehead atoms. The second-order valence-electron chi connectivity index (χ2n) is 1.31. The first-order valence-electron chi connectivity index (χ1n) is 2.26. The van der Waals surface area contributed by atoms with Crippen molar-refractivity contribution in [3.8, 4) is 0 Å². The van der Waals surface area contributed by atoms with E-state index in [9.17, 15) is 0 Å². The highest BCUT2D eigenvalue weighted by atomic mass is 79.9. The van der Waals surface area contributed by atoms with Crippen LogP contribution in [0, 0.1) is 0 Å². The molecule has 0 spiro atoms. The van der Waals surface area contributed by atoms with Crippen LogP contribution in [-0.4, -0.2) is 0 Å². The number of hydrogen-bond acceptors (Lipinski definition) is 0. The van der Waals surface area contributed by atoms with Gasteiger partial charge in [0.15, 0.2) is 0 Å². The minimum atomic E-state index is 1.13. The van der Waals surface area contributed by atoms with Crippen LogP contribution in [0.5, 0.6) is 0 Å². The summed E-state index contributed by atoms with van der Waals surface area (Å²) < 4.78 is 1.23. The zero-order chi connectivity index (χ0) is 5.70. The topological polar surface area (TPSA) is 0 Å². The van der Waals surface area contributed by atoms with Crippen LogP contribution in [0.1, 0.15) is 19.8 Å². The van der Waals surface area contributed by atoms with Crippen molar-refractivity contribution >= 4 is 31.9 Å². The number of hydrogen-bond donors (Lipinski definition) is 0. The molecule has 0 aromatic rings. The fourth-order valence-corrected chi connectivity index (χ4v) is 0.919. The van der Waals surface area contributed by atoms with Gasteiger partial charge in [-0.3, -0.25) is 0 Å². The summed E-state index contributed by atoms with van der Waals surface area (Å²) in [6.45, 7) is 2.15. The summed E-state index contributed by atoms with van der Waals surface area (Å²) in [5.41, 5.74) is 0. The molecule has 0 nitrogen and oxygen atoms in total. The van der Waals surface area contributed by atoms with Crippen molar-refractivity contribution in [1.82, 2.24) is 0 Å². The minimum Gasteiger partial charge on any atom is -0.0650 e. The van der Waals surface area contributed by atoms with Crippen molar-refractivity contribution in [1.29, 1.82) is 0 Å². The monoisotopic (exact) mass is 226 g/mol. The SMILES string of the molecule is CCC/C(Br)=C\Br. The van der Waals surface area contributed by atoms with Gasteiger partial charge in [-0.1, -0.05) is 45.2 Å². The first-order valence-corrected chi connectivity index (χ1v) is 3.97. The number of halogens is 2. The fraction of sp³-hybridized carbons (Fsp3) is 0.600. The Balaban J connectivity index is 3.17. The Morgan fingerprint density at radius 1 is 1.71 bits per heavy atom. The highest BCUT2D eigenvalue weighted by molar-refractivity contribution is 9.14. The molecule has 0 rings (SSSR count). The minimum absolute atomic E-state index is 1.13. The first kappa shape index (κ1) is 7.70. The molecule has 0 saturated carbocycles. The lowest BCUT2D eigenvalue weighted by atomic mass is 10.3. The van der Waals surface area contributed by atoms with Crippen molar-refractivity contribution < 1.29 is 0 Å². The molecule has 0 radical (unpaired) electrons. The van der Waals surface area contributed by atoms with E-state index in [1.165, 1.54) is 10.9 Å². The lowest BCUT2D eigenvalue weighted by Gasteiger charge is -1.87. The van der Waals surface area contributed by atoms with Crippen LogP contribution in [-0.2, 0) is 0 Å². The van der Waals surface area contributed by atoms with Crippen LogP contribution in [0.25, 0.3) is 0 Å². The third-order valence-corrected chi connectivity index (χ3v) is 2.40. The standard InChI is InChI=1S/C5H8Br2/c1-2-3-5(7)4-6/h4H,2-3H2,1H3/b5-4+. The average Bonchev–Trinajstić information content (AvgIpc) is 1.68. The maximum atomic E-state index is 3.35. The van der Waals surface area contributed by atoms with E-state index in [0.717, 1.165) is 6.42 Å². The Labute approximate surface area is 61.2 Å². The molecule has 0 aromatic carbocycles. The number of rotatable bonds is 2. The molecule has 0 aromatic heterocycles. The maximum Gasteiger partial charge on any atom is 0.00196 e. The van der Waals surface area contributed by atoms with Gasteiger partial charge in [0, 0.05) is 4.48 Å². The smallest absolute Gasteiger partial charge is 0.00196 e. The van der Waals surface area contributed by atoms with E-state index in [1.54, 1.807) is 0 Å². The van der Waals surface area contributed by atoms with Gasteiger partial charge < -0.3 is 0 Å². The molecule has 7 heavy (non-hydrogen) atoms. The summed E-state index contributed by atoms with van der Waals surface area (Å²) in [5.74, 6) is 0. The van der Waals surface area contributed by atoms with E-state index in [-0.39, 0.29) is 0 Å². The molecular formula is C5H8Br2. The van der Waals surface area contributed by atoms with Gasteiger partial charge in [0.25, 0.3) is 0 Å². The van der Waals surface area contributed by atoms with E-state index in [2.05, 4.69) is 38.8 Å². The van der Waals surface area contributed by atoms with E-state index >= 15 is 0 Å². The highest BCUT2D eigenvalue weighted by Crippen LogP contribution is 2.13. The van der Waals surface area contributed by atoms with Crippen LogP contribution in [0.15, 0.2) is 9.47 Å². The van der Waals surface area contributed by atoms with Gasteiger partial charge in [0.2, 0.25) is 0 Å². The summed E-state index contributed by atoms with van der Waals surface area (Å²) in [4.78, 5) is 1.90. The molecule has 0 saturated heterocycles.